The predicted molar refractivity (Wildman–Crippen MR) is 69.6 cm³/mol. The zero-order valence-electron chi connectivity index (χ0n) is 10.7. The topological polar surface area (TPSA) is 72.2 Å². The van der Waals surface area contributed by atoms with Gasteiger partial charge in [0.25, 0.3) is 11.6 Å². The highest BCUT2D eigenvalue weighted by atomic mass is 16.6. The Bertz CT molecular complexity index is 507. The number of nitro groups is 1. The minimum Gasteiger partial charge on any atom is -0.355 e. The van der Waals surface area contributed by atoms with Crippen LogP contribution in [0.15, 0.2) is 29.8 Å². The summed E-state index contributed by atoms with van der Waals surface area (Å²) in [5, 5.41) is 13.4. The van der Waals surface area contributed by atoms with Crippen LogP contribution in [0.25, 0.3) is 0 Å². The minimum atomic E-state index is -0.425. The second-order valence-corrected chi connectivity index (χ2v) is 3.99. The molecule has 0 radical (unpaired) electrons. The van der Waals surface area contributed by atoms with Crippen LogP contribution in [-0.2, 0) is 6.42 Å². The molecular weight excluding hydrogens is 232 g/mol. The van der Waals surface area contributed by atoms with Gasteiger partial charge in [-0.25, -0.2) is 0 Å². The number of nitro benzene ring substituents is 1. The maximum absolute atomic E-state index is 11.5. The van der Waals surface area contributed by atoms with Gasteiger partial charge in [-0.3, -0.25) is 14.9 Å². The van der Waals surface area contributed by atoms with E-state index in [-0.39, 0.29) is 11.6 Å². The molecule has 1 aromatic carbocycles. The molecule has 0 saturated carbocycles. The quantitative estimate of drug-likeness (QED) is 0.505. The van der Waals surface area contributed by atoms with E-state index in [1.807, 2.05) is 19.9 Å². The molecule has 0 aliphatic rings. The molecule has 18 heavy (non-hydrogen) atoms. The van der Waals surface area contributed by atoms with E-state index in [0.717, 1.165) is 5.57 Å². The lowest BCUT2D eigenvalue weighted by molar-refractivity contribution is -0.385. The molecule has 0 aliphatic carbocycles. The van der Waals surface area contributed by atoms with Crippen molar-refractivity contribution in [1.82, 2.24) is 5.32 Å². The van der Waals surface area contributed by atoms with Crippen LogP contribution in [0.5, 0.6) is 0 Å². The average molecular weight is 248 g/mol. The Hall–Kier alpha value is -2.17. The Kier molecular flexibility index (Phi) is 4.59. The lowest BCUT2D eigenvalue weighted by atomic mass is 10.0. The first-order valence-electron chi connectivity index (χ1n) is 5.60. The van der Waals surface area contributed by atoms with E-state index in [1.54, 1.807) is 6.07 Å². The first kappa shape index (κ1) is 13.9. The van der Waals surface area contributed by atoms with Crippen molar-refractivity contribution in [3.05, 3.63) is 51.1 Å². The molecule has 5 heteroatoms. The third-order valence-corrected chi connectivity index (χ3v) is 2.73. The SMILES string of the molecule is C/C=C(\C)Cc1cc(C(=O)NC)ccc1[N+](=O)[O-]. The van der Waals surface area contributed by atoms with Crippen LogP contribution in [-0.4, -0.2) is 17.9 Å². The van der Waals surface area contributed by atoms with E-state index >= 15 is 0 Å². The normalized spacial score (nSPS) is 11.2. The van der Waals surface area contributed by atoms with E-state index in [2.05, 4.69) is 5.32 Å². The van der Waals surface area contributed by atoms with Gasteiger partial charge in [0.05, 0.1) is 4.92 Å². The highest BCUT2D eigenvalue weighted by Crippen LogP contribution is 2.22. The highest BCUT2D eigenvalue weighted by Gasteiger charge is 2.16. The van der Waals surface area contributed by atoms with Crippen molar-refractivity contribution < 1.29 is 9.72 Å². The summed E-state index contributed by atoms with van der Waals surface area (Å²) in [7, 11) is 1.53. The van der Waals surface area contributed by atoms with Crippen LogP contribution in [0, 0.1) is 10.1 Å². The molecule has 1 amide bonds. The fraction of sp³-hybridized carbons (Fsp3) is 0.308. The number of nitrogens with one attached hydrogen (secondary N) is 1. The zero-order valence-corrected chi connectivity index (χ0v) is 10.7. The predicted octanol–water partition coefficient (Wildman–Crippen LogP) is 2.46. The molecule has 96 valence electrons. The van der Waals surface area contributed by atoms with Gasteiger partial charge in [0.2, 0.25) is 0 Å². The number of amides is 1. The fourth-order valence-electron chi connectivity index (χ4n) is 1.59. The maximum Gasteiger partial charge on any atom is 0.272 e. The Labute approximate surface area is 106 Å². The number of carbonyl (C=O) groups excluding carboxylic acids is 1. The molecule has 0 saturated heterocycles. The number of benzene rings is 1. The molecule has 5 nitrogen and oxygen atoms in total. The number of hydrogen-bond donors (Lipinski definition) is 1. The largest absolute Gasteiger partial charge is 0.355 e. The molecular formula is C13H16N2O3. The molecule has 1 rings (SSSR count). The number of carbonyl (C=O) groups is 1. The van der Waals surface area contributed by atoms with Gasteiger partial charge in [0.15, 0.2) is 0 Å². The van der Waals surface area contributed by atoms with E-state index in [9.17, 15) is 14.9 Å². The standard InChI is InChI=1S/C13H16N2O3/c1-4-9(2)7-11-8-10(13(16)14-3)5-6-12(11)15(17)18/h4-6,8H,7H2,1-3H3,(H,14,16)/b9-4+. The molecule has 0 bridgehead atoms. The lowest BCUT2D eigenvalue weighted by Gasteiger charge is -2.06. The van der Waals surface area contributed by atoms with Gasteiger partial charge in [-0.05, 0) is 32.4 Å². The summed E-state index contributed by atoms with van der Waals surface area (Å²) in [6, 6.07) is 4.41. The zero-order chi connectivity index (χ0) is 13.7. The summed E-state index contributed by atoms with van der Waals surface area (Å²) in [5.74, 6) is -0.246. The molecule has 0 unspecified atom stereocenters. The van der Waals surface area contributed by atoms with Gasteiger partial charge in [-0.1, -0.05) is 11.6 Å². The second-order valence-electron chi connectivity index (χ2n) is 3.99. The van der Waals surface area contributed by atoms with Crippen LogP contribution in [0.4, 0.5) is 5.69 Å². The molecule has 0 aliphatic heterocycles. The summed E-state index contributed by atoms with van der Waals surface area (Å²) >= 11 is 0. The third kappa shape index (κ3) is 3.16. The van der Waals surface area contributed by atoms with Crippen molar-refractivity contribution in [1.29, 1.82) is 0 Å². The molecule has 0 heterocycles. The number of rotatable bonds is 4. The van der Waals surface area contributed by atoms with Crippen LogP contribution in [0.1, 0.15) is 29.8 Å². The molecule has 0 atom stereocenters. The van der Waals surface area contributed by atoms with Crippen molar-refractivity contribution in [2.45, 2.75) is 20.3 Å². The second kappa shape index (κ2) is 5.95. The molecule has 0 fully saturated rings. The number of hydrogen-bond acceptors (Lipinski definition) is 3. The Balaban J connectivity index is 3.23. The lowest BCUT2D eigenvalue weighted by Crippen LogP contribution is -2.18. The van der Waals surface area contributed by atoms with Crippen molar-refractivity contribution in [3.63, 3.8) is 0 Å². The molecule has 0 aromatic heterocycles. The van der Waals surface area contributed by atoms with E-state index in [1.165, 1.54) is 19.2 Å². The molecule has 0 spiro atoms. The molecule has 1 N–H and O–H groups in total. The van der Waals surface area contributed by atoms with E-state index in [4.69, 9.17) is 0 Å². The number of nitrogens with zero attached hydrogens (tertiary/aromatic N) is 1. The summed E-state index contributed by atoms with van der Waals surface area (Å²) in [5.41, 5.74) is 2.05. The summed E-state index contributed by atoms with van der Waals surface area (Å²) in [6.07, 6.45) is 2.37. The smallest absolute Gasteiger partial charge is 0.272 e. The van der Waals surface area contributed by atoms with Gasteiger partial charge < -0.3 is 5.32 Å². The van der Waals surface area contributed by atoms with Gasteiger partial charge in [-0.2, -0.15) is 0 Å². The maximum atomic E-state index is 11.5. The van der Waals surface area contributed by atoms with Crippen LogP contribution in [0.2, 0.25) is 0 Å². The minimum absolute atomic E-state index is 0.0452. The monoisotopic (exact) mass is 248 g/mol. The fourth-order valence-corrected chi connectivity index (χ4v) is 1.59. The van der Waals surface area contributed by atoms with Gasteiger partial charge >= 0.3 is 0 Å². The Morgan fingerprint density at radius 1 is 1.50 bits per heavy atom. The van der Waals surface area contributed by atoms with Crippen molar-refractivity contribution in [3.8, 4) is 0 Å². The van der Waals surface area contributed by atoms with Gasteiger partial charge in [0, 0.05) is 24.2 Å². The summed E-state index contributed by atoms with van der Waals surface area (Å²) in [6.45, 7) is 3.78. The third-order valence-electron chi connectivity index (χ3n) is 2.73. The Morgan fingerprint density at radius 2 is 2.17 bits per heavy atom. The molecule has 1 aromatic rings. The van der Waals surface area contributed by atoms with Gasteiger partial charge in [0.1, 0.15) is 0 Å². The van der Waals surface area contributed by atoms with Crippen LogP contribution < -0.4 is 5.32 Å². The number of allylic oxidation sites excluding steroid dienone is 2. The first-order valence-corrected chi connectivity index (χ1v) is 5.60. The van der Waals surface area contributed by atoms with E-state index < -0.39 is 4.92 Å². The van der Waals surface area contributed by atoms with Crippen molar-refractivity contribution >= 4 is 11.6 Å². The highest BCUT2D eigenvalue weighted by molar-refractivity contribution is 5.94. The summed E-state index contributed by atoms with van der Waals surface area (Å²) < 4.78 is 0. The Morgan fingerprint density at radius 3 is 2.67 bits per heavy atom. The van der Waals surface area contributed by atoms with E-state index in [0.29, 0.717) is 17.5 Å². The summed E-state index contributed by atoms with van der Waals surface area (Å²) in [4.78, 5) is 22.0. The van der Waals surface area contributed by atoms with Crippen LogP contribution in [0.3, 0.4) is 0 Å². The first-order chi connectivity index (χ1) is 8.49. The average Bonchev–Trinajstić information content (AvgIpc) is 2.37. The van der Waals surface area contributed by atoms with Crippen LogP contribution >= 0.6 is 0 Å². The van der Waals surface area contributed by atoms with Crippen molar-refractivity contribution in [2.75, 3.05) is 7.05 Å². The van der Waals surface area contributed by atoms with Gasteiger partial charge in [-0.15, -0.1) is 0 Å². The van der Waals surface area contributed by atoms with Crippen molar-refractivity contribution in [2.24, 2.45) is 0 Å².